The van der Waals surface area contributed by atoms with Gasteiger partial charge in [-0.3, -0.25) is 0 Å². The molecule has 0 rings (SSSR count). The van der Waals surface area contributed by atoms with E-state index in [2.05, 4.69) is 25.3 Å². The molecule has 2 unspecified atom stereocenters. The van der Waals surface area contributed by atoms with Crippen LogP contribution in [0.2, 0.25) is 0 Å². The van der Waals surface area contributed by atoms with E-state index in [4.69, 9.17) is 15.6 Å². The zero-order valence-electron chi connectivity index (χ0n) is 4.61. The number of rotatable bonds is 4. The minimum absolute atomic E-state index is 0.561. The van der Waals surface area contributed by atoms with Crippen LogP contribution in [0.5, 0.6) is 0 Å². The van der Waals surface area contributed by atoms with Crippen molar-refractivity contribution in [1.82, 2.24) is 0 Å². The average molecular weight is 164 g/mol. The van der Waals surface area contributed by atoms with Crippen molar-refractivity contribution in [2.45, 2.75) is 10.9 Å². The highest BCUT2D eigenvalue weighted by Crippen LogP contribution is 2.00. The molecule has 0 amide bonds. The average Bonchev–Trinajstić information content (AvgIpc) is 1.87. The van der Waals surface area contributed by atoms with Gasteiger partial charge in [-0.05, 0) is 0 Å². The number of nitrogens with one attached hydrogen (secondary N) is 2. The fraction of sp³-hybridized carbons (Fsp3) is 0.500. The molecule has 0 fully saturated rings. The van der Waals surface area contributed by atoms with Gasteiger partial charge in [-0.2, -0.15) is 0 Å². The topological polar surface area (TPSA) is 56.9 Å². The van der Waals surface area contributed by atoms with Crippen molar-refractivity contribution in [3.05, 3.63) is 0 Å². The van der Waals surface area contributed by atoms with Gasteiger partial charge in [0.2, 0.25) is 0 Å². The summed E-state index contributed by atoms with van der Waals surface area (Å²) in [5.41, 5.74) is -1.12. The second kappa shape index (κ2) is 4.84. The Morgan fingerprint density at radius 1 is 1.11 bits per heavy atom. The molecule has 0 spiro atoms. The van der Waals surface area contributed by atoms with Crippen molar-refractivity contribution in [2.24, 2.45) is 0 Å². The Labute approximate surface area is 64.6 Å². The molecule has 0 aromatic heterocycles. The number of hydrogen-bond acceptors (Lipinski definition) is 5. The highest BCUT2D eigenvalue weighted by atomic mass is 32.1. The van der Waals surface area contributed by atoms with Gasteiger partial charge in [0, 0.05) is 12.4 Å². The van der Waals surface area contributed by atoms with Crippen LogP contribution in [0.4, 0.5) is 0 Å². The highest BCUT2D eigenvalue weighted by molar-refractivity contribution is 7.82. The van der Waals surface area contributed by atoms with Gasteiger partial charge in [-0.1, -0.05) is 0 Å². The maximum absolute atomic E-state index is 6.64. The Hall–Kier alpha value is -0.0000000000000000555. The van der Waals surface area contributed by atoms with E-state index < -0.39 is 10.9 Å². The van der Waals surface area contributed by atoms with Crippen molar-refractivity contribution in [3.63, 3.8) is 0 Å². The fourth-order valence-electron chi connectivity index (χ4n) is 0.221. The summed E-state index contributed by atoms with van der Waals surface area (Å²) in [7, 11) is 0. The summed E-state index contributed by atoms with van der Waals surface area (Å²) in [4.78, 5) is 0. The Balaban J connectivity index is 3.45. The van der Waals surface area contributed by atoms with Gasteiger partial charge in [0.25, 0.3) is 0 Å². The van der Waals surface area contributed by atoms with E-state index in [9.17, 15) is 0 Å². The molecule has 0 aliphatic carbocycles. The first-order valence-electron chi connectivity index (χ1n) is 2.23. The lowest BCUT2D eigenvalue weighted by Crippen LogP contribution is -2.14. The Morgan fingerprint density at radius 2 is 1.44 bits per heavy atom. The predicted molar refractivity (Wildman–Crippen MR) is 44.2 cm³/mol. The first-order valence-corrected chi connectivity index (χ1v) is 3.26. The molecule has 2 N–H and O–H groups in total. The molecule has 0 aliphatic rings. The minimum atomic E-state index is -0.561. The summed E-state index contributed by atoms with van der Waals surface area (Å²) < 4.78 is 4.79. The predicted octanol–water partition coefficient (Wildman–Crippen LogP) is 0.814. The normalized spacial score (nSPS) is 16.2. The van der Waals surface area contributed by atoms with E-state index in [0.717, 1.165) is 12.4 Å². The molecule has 0 aromatic carbocycles. The van der Waals surface area contributed by atoms with Crippen LogP contribution in [0.3, 0.4) is 0 Å². The lowest BCUT2D eigenvalue weighted by Gasteiger charge is -2.08. The van der Waals surface area contributed by atoms with Gasteiger partial charge < -0.3 is 15.6 Å². The quantitative estimate of drug-likeness (QED) is 0.277. The monoisotopic (exact) mass is 164 g/mol. The summed E-state index contributed by atoms with van der Waals surface area (Å²) in [6.45, 7) is 0. The van der Waals surface area contributed by atoms with Gasteiger partial charge in [-0.15, -0.1) is 25.3 Å². The first kappa shape index (κ1) is 9.00. The standard InChI is InChI=1S/C4H8N2OS2/c5-1-3(8)7-4(9)2-6/h1-6,8-9H. The smallest absolute Gasteiger partial charge is 0.137 e. The molecule has 0 bridgehead atoms. The van der Waals surface area contributed by atoms with E-state index in [1.54, 1.807) is 0 Å². The lowest BCUT2D eigenvalue weighted by molar-refractivity contribution is 0.176. The molecular formula is C4H8N2OS2. The van der Waals surface area contributed by atoms with E-state index in [1.165, 1.54) is 0 Å². The highest BCUT2D eigenvalue weighted by Gasteiger charge is 2.02. The van der Waals surface area contributed by atoms with Crippen molar-refractivity contribution < 1.29 is 4.74 Å². The molecule has 3 nitrogen and oxygen atoms in total. The molecule has 52 valence electrons. The Bertz CT molecular complexity index is 96.7. The van der Waals surface area contributed by atoms with Gasteiger partial charge in [0.05, 0.1) is 0 Å². The van der Waals surface area contributed by atoms with Crippen LogP contribution < -0.4 is 0 Å². The molecule has 0 heterocycles. The maximum Gasteiger partial charge on any atom is 0.137 e. The third kappa shape index (κ3) is 4.50. The van der Waals surface area contributed by atoms with Crippen LogP contribution in [-0.2, 0) is 4.74 Å². The molecule has 0 saturated heterocycles. The number of thiol groups is 2. The zero-order valence-corrected chi connectivity index (χ0v) is 6.40. The molecule has 0 saturated carbocycles. The second-order valence-corrected chi connectivity index (χ2v) is 2.27. The van der Waals surface area contributed by atoms with E-state index in [-0.39, 0.29) is 0 Å². The number of hydrogen-bond donors (Lipinski definition) is 4. The molecule has 5 heteroatoms. The summed E-state index contributed by atoms with van der Waals surface area (Å²) in [6, 6.07) is 0. The minimum Gasteiger partial charge on any atom is -0.343 e. The zero-order chi connectivity index (χ0) is 7.28. The van der Waals surface area contributed by atoms with Crippen molar-refractivity contribution >= 4 is 37.7 Å². The van der Waals surface area contributed by atoms with Crippen molar-refractivity contribution in [2.75, 3.05) is 0 Å². The summed E-state index contributed by atoms with van der Waals surface area (Å²) in [5.74, 6) is 0. The molecule has 0 aromatic rings. The van der Waals surface area contributed by atoms with Gasteiger partial charge in [0.1, 0.15) is 10.9 Å². The van der Waals surface area contributed by atoms with Crippen LogP contribution in [0.15, 0.2) is 0 Å². The summed E-state index contributed by atoms with van der Waals surface area (Å²) >= 11 is 7.61. The van der Waals surface area contributed by atoms with Crippen molar-refractivity contribution in [3.8, 4) is 0 Å². The molecule has 2 atom stereocenters. The summed E-state index contributed by atoms with van der Waals surface area (Å²) in [6.07, 6.45) is 2.05. The second-order valence-electron chi connectivity index (χ2n) is 1.25. The van der Waals surface area contributed by atoms with Crippen LogP contribution in [0.25, 0.3) is 0 Å². The Kier molecular flexibility index (Phi) is 4.84. The van der Waals surface area contributed by atoms with Gasteiger partial charge >= 0.3 is 0 Å². The van der Waals surface area contributed by atoms with E-state index >= 15 is 0 Å². The van der Waals surface area contributed by atoms with Gasteiger partial charge in [0.15, 0.2) is 0 Å². The van der Waals surface area contributed by atoms with E-state index in [0.29, 0.717) is 0 Å². The first-order chi connectivity index (χ1) is 4.20. The molecular weight excluding hydrogens is 156 g/mol. The maximum atomic E-state index is 6.64. The number of ether oxygens (including phenoxy) is 1. The van der Waals surface area contributed by atoms with Crippen molar-refractivity contribution in [1.29, 1.82) is 10.8 Å². The lowest BCUT2D eigenvalue weighted by atomic mass is 10.7. The third-order valence-electron chi connectivity index (χ3n) is 0.564. The third-order valence-corrected chi connectivity index (χ3v) is 1.11. The fourth-order valence-corrected chi connectivity index (χ4v) is 0.580. The Morgan fingerprint density at radius 3 is 1.67 bits per heavy atom. The van der Waals surface area contributed by atoms with E-state index in [1.807, 2.05) is 0 Å². The van der Waals surface area contributed by atoms with Crippen LogP contribution in [0.1, 0.15) is 0 Å². The largest absolute Gasteiger partial charge is 0.343 e. The van der Waals surface area contributed by atoms with Crippen LogP contribution in [-0.4, -0.2) is 23.3 Å². The SMILES string of the molecule is N=CC(S)OC(S)C=N. The molecule has 9 heavy (non-hydrogen) atoms. The molecule has 0 radical (unpaired) electrons. The van der Waals surface area contributed by atoms with Gasteiger partial charge in [-0.25, -0.2) is 0 Å². The van der Waals surface area contributed by atoms with Crippen LogP contribution in [0, 0.1) is 10.8 Å². The molecule has 0 aliphatic heterocycles. The van der Waals surface area contributed by atoms with Crippen LogP contribution >= 0.6 is 25.3 Å². The summed E-state index contributed by atoms with van der Waals surface area (Å²) in [5, 5.41) is 13.3.